The fraction of sp³-hybridized carbons (Fsp3) is 0.412. The number of hydrogen-bond donors (Lipinski definition) is 1. The molecular weight excluding hydrogens is 285 g/mol. The van der Waals surface area contributed by atoms with E-state index in [0.717, 1.165) is 19.4 Å². The van der Waals surface area contributed by atoms with Gasteiger partial charge in [-0.2, -0.15) is 0 Å². The summed E-state index contributed by atoms with van der Waals surface area (Å²) in [5.41, 5.74) is 0.698. The van der Waals surface area contributed by atoms with Crippen LogP contribution in [0.15, 0.2) is 30.3 Å². The molecule has 0 aliphatic rings. The van der Waals surface area contributed by atoms with Gasteiger partial charge in [0.25, 0.3) is 0 Å². The van der Waals surface area contributed by atoms with E-state index in [2.05, 4.69) is 24.4 Å². The number of thiophene rings is 1. The molecule has 114 valence electrons. The van der Waals surface area contributed by atoms with Crippen molar-refractivity contribution in [3.8, 4) is 5.75 Å². The summed E-state index contributed by atoms with van der Waals surface area (Å²) in [5.74, 6) is 0.337. The maximum absolute atomic E-state index is 14.3. The normalized spacial score (nSPS) is 12.4. The topological polar surface area (TPSA) is 21.3 Å². The number of halogens is 1. The highest BCUT2D eigenvalue weighted by Gasteiger charge is 2.17. The van der Waals surface area contributed by atoms with Crippen LogP contribution in [0.25, 0.3) is 0 Å². The molecule has 0 fully saturated rings. The van der Waals surface area contributed by atoms with Gasteiger partial charge in [-0.3, -0.25) is 0 Å². The van der Waals surface area contributed by atoms with Crippen LogP contribution in [-0.4, -0.2) is 13.7 Å². The van der Waals surface area contributed by atoms with Crippen LogP contribution >= 0.6 is 11.3 Å². The van der Waals surface area contributed by atoms with Gasteiger partial charge < -0.3 is 10.1 Å². The van der Waals surface area contributed by atoms with Crippen LogP contribution in [0.5, 0.6) is 5.75 Å². The van der Waals surface area contributed by atoms with Gasteiger partial charge in [0, 0.05) is 33.8 Å². The van der Waals surface area contributed by atoms with Crippen molar-refractivity contribution in [2.75, 3.05) is 13.7 Å². The number of nitrogens with one attached hydrogen (secondary N) is 1. The number of ether oxygens (including phenoxy) is 1. The molecule has 1 unspecified atom stereocenters. The Balaban J connectivity index is 2.21. The third kappa shape index (κ3) is 4.05. The highest BCUT2D eigenvalue weighted by Crippen LogP contribution is 2.27. The lowest BCUT2D eigenvalue weighted by molar-refractivity contribution is 0.409. The van der Waals surface area contributed by atoms with Crippen LogP contribution < -0.4 is 10.1 Å². The van der Waals surface area contributed by atoms with E-state index in [1.54, 1.807) is 7.11 Å². The number of rotatable bonds is 7. The Bertz CT molecular complexity index is 582. The lowest BCUT2D eigenvalue weighted by atomic mass is 10.0. The Morgan fingerprint density at radius 2 is 1.95 bits per heavy atom. The average Bonchev–Trinajstić information content (AvgIpc) is 2.94. The van der Waals surface area contributed by atoms with Crippen molar-refractivity contribution < 1.29 is 9.13 Å². The Morgan fingerprint density at radius 1 is 1.19 bits per heavy atom. The summed E-state index contributed by atoms with van der Waals surface area (Å²) in [6, 6.07) is 9.38. The molecule has 2 aromatic rings. The Morgan fingerprint density at radius 3 is 2.52 bits per heavy atom. The molecule has 2 rings (SSSR count). The maximum atomic E-state index is 14.3. The molecule has 1 atom stereocenters. The van der Waals surface area contributed by atoms with Gasteiger partial charge in [0.05, 0.1) is 7.11 Å². The summed E-state index contributed by atoms with van der Waals surface area (Å²) in [7, 11) is 1.55. The second-order valence-corrected chi connectivity index (χ2v) is 6.18. The lowest BCUT2D eigenvalue weighted by Gasteiger charge is -2.19. The monoisotopic (exact) mass is 307 g/mol. The summed E-state index contributed by atoms with van der Waals surface area (Å²) >= 11 is 1.81. The zero-order valence-electron chi connectivity index (χ0n) is 12.8. The highest BCUT2D eigenvalue weighted by atomic mass is 32.1. The summed E-state index contributed by atoms with van der Waals surface area (Å²) in [6.07, 6.45) is 1.86. The maximum Gasteiger partial charge on any atom is 0.131 e. The molecule has 1 aromatic heterocycles. The molecule has 0 radical (unpaired) electrons. The van der Waals surface area contributed by atoms with Crippen molar-refractivity contribution in [2.24, 2.45) is 0 Å². The van der Waals surface area contributed by atoms with Gasteiger partial charge in [0.2, 0.25) is 0 Å². The van der Waals surface area contributed by atoms with Gasteiger partial charge in [-0.05, 0) is 31.2 Å². The predicted molar refractivity (Wildman–Crippen MR) is 86.8 cm³/mol. The van der Waals surface area contributed by atoms with Gasteiger partial charge in [0.1, 0.15) is 11.6 Å². The zero-order valence-corrected chi connectivity index (χ0v) is 13.6. The van der Waals surface area contributed by atoms with Crippen LogP contribution in [0, 0.1) is 5.82 Å². The second kappa shape index (κ2) is 7.57. The molecule has 1 heterocycles. The summed E-state index contributed by atoms with van der Waals surface area (Å²) < 4.78 is 19.3. The van der Waals surface area contributed by atoms with E-state index in [9.17, 15) is 4.39 Å². The van der Waals surface area contributed by atoms with Gasteiger partial charge in [-0.15, -0.1) is 11.3 Å². The lowest BCUT2D eigenvalue weighted by Crippen LogP contribution is -2.23. The summed E-state index contributed by atoms with van der Waals surface area (Å²) in [4.78, 5) is 2.66. The third-order valence-electron chi connectivity index (χ3n) is 3.50. The fourth-order valence-corrected chi connectivity index (χ4v) is 3.38. The van der Waals surface area contributed by atoms with E-state index in [4.69, 9.17) is 4.74 Å². The second-order valence-electron chi connectivity index (χ2n) is 4.92. The number of hydrogen-bond acceptors (Lipinski definition) is 3. The predicted octanol–water partition coefficient (Wildman–Crippen LogP) is 4.35. The first-order valence-electron chi connectivity index (χ1n) is 7.32. The Labute approximate surface area is 130 Å². The fourth-order valence-electron chi connectivity index (χ4n) is 2.38. The zero-order chi connectivity index (χ0) is 15.2. The number of likely N-dealkylation sites (N-methyl/N-ethyl adjacent to an activating group) is 1. The van der Waals surface area contributed by atoms with E-state index in [0.29, 0.717) is 11.3 Å². The van der Waals surface area contributed by atoms with Crippen LogP contribution in [-0.2, 0) is 12.8 Å². The van der Waals surface area contributed by atoms with Crippen molar-refractivity contribution in [3.05, 3.63) is 51.5 Å². The summed E-state index contributed by atoms with van der Waals surface area (Å²) in [6.45, 7) is 5.00. The molecule has 1 N–H and O–H groups in total. The molecule has 4 heteroatoms. The molecule has 0 saturated heterocycles. The van der Waals surface area contributed by atoms with E-state index in [1.165, 1.54) is 15.8 Å². The molecule has 1 aromatic carbocycles. The van der Waals surface area contributed by atoms with E-state index in [-0.39, 0.29) is 11.9 Å². The van der Waals surface area contributed by atoms with E-state index in [1.807, 2.05) is 30.4 Å². The largest absolute Gasteiger partial charge is 0.497 e. The van der Waals surface area contributed by atoms with Gasteiger partial charge >= 0.3 is 0 Å². The molecule has 0 aliphatic carbocycles. The first-order valence-corrected chi connectivity index (χ1v) is 8.14. The van der Waals surface area contributed by atoms with Crippen molar-refractivity contribution in [1.29, 1.82) is 0 Å². The van der Waals surface area contributed by atoms with Crippen molar-refractivity contribution in [2.45, 2.75) is 32.7 Å². The molecule has 0 bridgehead atoms. The molecule has 0 saturated carbocycles. The average molecular weight is 307 g/mol. The molecule has 0 spiro atoms. The molecule has 2 nitrogen and oxygen atoms in total. The minimum absolute atomic E-state index is 0.00994. The van der Waals surface area contributed by atoms with Gasteiger partial charge in [-0.25, -0.2) is 4.39 Å². The van der Waals surface area contributed by atoms with E-state index < -0.39 is 0 Å². The first-order chi connectivity index (χ1) is 10.2. The SMILES string of the molecule is CCNC(Cc1ccc(CC)s1)c1ccc(OC)cc1F. The van der Waals surface area contributed by atoms with Crippen molar-refractivity contribution in [3.63, 3.8) is 0 Å². The van der Waals surface area contributed by atoms with Gasteiger partial charge in [-0.1, -0.05) is 19.9 Å². The molecule has 21 heavy (non-hydrogen) atoms. The van der Waals surface area contributed by atoms with Crippen molar-refractivity contribution >= 4 is 11.3 Å². The Hall–Kier alpha value is -1.39. The van der Waals surface area contributed by atoms with E-state index >= 15 is 0 Å². The molecule has 0 aliphatic heterocycles. The standard InChI is InChI=1S/C17H22FNOS/c1-4-13-7-8-14(21-13)11-17(19-5-2)15-9-6-12(20-3)10-16(15)18/h6-10,17,19H,4-5,11H2,1-3H3. The number of aryl methyl sites for hydroxylation is 1. The van der Waals surface area contributed by atoms with Gasteiger partial charge in [0.15, 0.2) is 0 Å². The van der Waals surface area contributed by atoms with Crippen LogP contribution in [0.3, 0.4) is 0 Å². The quantitative estimate of drug-likeness (QED) is 0.821. The highest BCUT2D eigenvalue weighted by molar-refractivity contribution is 7.11. The van der Waals surface area contributed by atoms with Crippen LogP contribution in [0.1, 0.15) is 35.2 Å². The Kier molecular flexibility index (Phi) is 5.76. The number of methoxy groups -OCH3 is 1. The van der Waals surface area contributed by atoms with Crippen LogP contribution in [0.2, 0.25) is 0 Å². The smallest absolute Gasteiger partial charge is 0.131 e. The third-order valence-corrected chi connectivity index (χ3v) is 4.76. The first kappa shape index (κ1) is 16.0. The van der Waals surface area contributed by atoms with Crippen LogP contribution in [0.4, 0.5) is 4.39 Å². The number of benzene rings is 1. The minimum Gasteiger partial charge on any atom is -0.497 e. The molecule has 0 amide bonds. The minimum atomic E-state index is -0.215. The summed E-state index contributed by atoms with van der Waals surface area (Å²) in [5, 5.41) is 3.38. The van der Waals surface area contributed by atoms with Crippen molar-refractivity contribution in [1.82, 2.24) is 5.32 Å². The molecular formula is C17H22FNOS.